The molecule has 1 saturated heterocycles. The van der Waals surface area contributed by atoms with Gasteiger partial charge in [-0.1, -0.05) is 13.8 Å². The van der Waals surface area contributed by atoms with Crippen molar-refractivity contribution in [1.29, 1.82) is 0 Å². The minimum atomic E-state index is -0.974. The Hall–Kier alpha value is -1.10. The van der Waals surface area contributed by atoms with E-state index in [0.29, 0.717) is 0 Å². The summed E-state index contributed by atoms with van der Waals surface area (Å²) in [4.78, 5) is 24.1. The molecule has 5 heteroatoms. The molecular weight excluding hydrogens is 220 g/mol. The number of carbonyl (C=O) groups excluding carboxylic acids is 1. The lowest BCUT2D eigenvalue weighted by Gasteiger charge is -2.38. The summed E-state index contributed by atoms with van der Waals surface area (Å²) in [5.74, 6) is -0.785. The van der Waals surface area contributed by atoms with Gasteiger partial charge >= 0.3 is 5.97 Å². The van der Waals surface area contributed by atoms with Crippen LogP contribution in [0.15, 0.2) is 0 Å². The van der Waals surface area contributed by atoms with E-state index in [1.54, 1.807) is 7.05 Å². The van der Waals surface area contributed by atoms with E-state index in [-0.39, 0.29) is 18.4 Å². The Kier molecular flexibility index (Phi) is 4.51. The topological polar surface area (TPSA) is 69.6 Å². The lowest BCUT2D eigenvalue weighted by atomic mass is 9.74. The molecule has 0 aromatic carbocycles. The molecule has 1 heterocycles. The van der Waals surface area contributed by atoms with Gasteiger partial charge in [0.25, 0.3) is 0 Å². The molecular formula is C12H22N2O3. The van der Waals surface area contributed by atoms with E-state index < -0.39 is 11.4 Å². The molecule has 0 spiro atoms. The molecule has 1 unspecified atom stereocenters. The second-order valence-corrected chi connectivity index (χ2v) is 5.32. The van der Waals surface area contributed by atoms with E-state index in [1.807, 2.05) is 13.8 Å². The Morgan fingerprint density at radius 1 is 1.47 bits per heavy atom. The lowest BCUT2D eigenvalue weighted by molar-refractivity contribution is -0.149. The molecule has 0 aromatic rings. The van der Waals surface area contributed by atoms with E-state index in [4.69, 9.17) is 5.11 Å². The van der Waals surface area contributed by atoms with Gasteiger partial charge in [0.1, 0.15) is 6.54 Å². The fourth-order valence-corrected chi connectivity index (χ4v) is 2.41. The molecule has 1 rings (SSSR count). The molecule has 0 bridgehead atoms. The second kappa shape index (κ2) is 5.49. The first-order chi connectivity index (χ1) is 7.85. The number of nitrogens with zero attached hydrogens (tertiary/aromatic N) is 1. The highest BCUT2D eigenvalue weighted by Gasteiger charge is 2.39. The first-order valence-electron chi connectivity index (χ1n) is 6.03. The van der Waals surface area contributed by atoms with E-state index >= 15 is 0 Å². The summed E-state index contributed by atoms with van der Waals surface area (Å²) in [6.45, 7) is 5.42. The molecule has 0 saturated carbocycles. The second-order valence-electron chi connectivity index (χ2n) is 5.32. The quantitative estimate of drug-likeness (QED) is 0.755. The van der Waals surface area contributed by atoms with Crippen LogP contribution in [0.25, 0.3) is 0 Å². The van der Waals surface area contributed by atoms with Crippen molar-refractivity contribution in [2.24, 2.45) is 11.3 Å². The SMILES string of the molecule is CN(CC(=O)O)C(=O)C(C)(C)C1CCCNC1. The highest BCUT2D eigenvalue weighted by Crippen LogP contribution is 2.33. The smallest absolute Gasteiger partial charge is 0.323 e. The van der Waals surface area contributed by atoms with Gasteiger partial charge in [-0.05, 0) is 31.8 Å². The van der Waals surface area contributed by atoms with Gasteiger partial charge in [-0.25, -0.2) is 0 Å². The Labute approximate surface area is 102 Å². The number of nitrogens with one attached hydrogen (secondary N) is 1. The Morgan fingerprint density at radius 3 is 2.59 bits per heavy atom. The number of hydrogen-bond donors (Lipinski definition) is 2. The zero-order chi connectivity index (χ0) is 13.1. The van der Waals surface area contributed by atoms with Gasteiger partial charge in [-0.3, -0.25) is 9.59 Å². The third-order valence-electron chi connectivity index (χ3n) is 3.59. The van der Waals surface area contributed by atoms with Gasteiger partial charge in [0.15, 0.2) is 0 Å². The van der Waals surface area contributed by atoms with Crippen LogP contribution in [0.1, 0.15) is 26.7 Å². The van der Waals surface area contributed by atoms with Crippen molar-refractivity contribution in [2.75, 3.05) is 26.7 Å². The van der Waals surface area contributed by atoms with Gasteiger partial charge in [0.2, 0.25) is 5.91 Å². The minimum Gasteiger partial charge on any atom is -0.480 e. The number of likely N-dealkylation sites (N-methyl/N-ethyl adjacent to an activating group) is 1. The Balaban J connectivity index is 2.67. The predicted octanol–water partition coefficient (Wildman–Crippen LogP) is 0.555. The van der Waals surface area contributed by atoms with Crippen molar-refractivity contribution in [2.45, 2.75) is 26.7 Å². The molecule has 1 atom stereocenters. The van der Waals surface area contributed by atoms with Gasteiger partial charge in [-0.2, -0.15) is 0 Å². The van der Waals surface area contributed by atoms with Gasteiger partial charge in [0, 0.05) is 12.5 Å². The van der Waals surface area contributed by atoms with Crippen LogP contribution >= 0.6 is 0 Å². The standard InChI is InChI=1S/C12H22N2O3/c1-12(2,9-5-4-6-13-7-9)11(17)14(3)8-10(15)16/h9,13H,4-8H2,1-3H3,(H,15,16). The Bertz CT molecular complexity index is 296. The summed E-state index contributed by atoms with van der Waals surface area (Å²) in [5, 5.41) is 12.0. The molecule has 1 aliphatic rings. The monoisotopic (exact) mass is 242 g/mol. The third-order valence-corrected chi connectivity index (χ3v) is 3.59. The van der Waals surface area contributed by atoms with Crippen molar-refractivity contribution in [3.8, 4) is 0 Å². The van der Waals surface area contributed by atoms with Crippen molar-refractivity contribution in [3.05, 3.63) is 0 Å². The fraction of sp³-hybridized carbons (Fsp3) is 0.833. The molecule has 98 valence electrons. The van der Waals surface area contributed by atoms with E-state index in [9.17, 15) is 9.59 Å². The van der Waals surface area contributed by atoms with Crippen LogP contribution in [0.5, 0.6) is 0 Å². The van der Waals surface area contributed by atoms with Crippen molar-refractivity contribution in [3.63, 3.8) is 0 Å². The maximum Gasteiger partial charge on any atom is 0.323 e. The molecule has 0 aliphatic carbocycles. The van der Waals surface area contributed by atoms with Crippen LogP contribution in [0.2, 0.25) is 0 Å². The highest BCUT2D eigenvalue weighted by atomic mass is 16.4. The molecule has 17 heavy (non-hydrogen) atoms. The summed E-state index contributed by atoms with van der Waals surface area (Å²) in [5.41, 5.74) is -0.502. The Morgan fingerprint density at radius 2 is 2.12 bits per heavy atom. The fourth-order valence-electron chi connectivity index (χ4n) is 2.41. The maximum atomic E-state index is 12.2. The van der Waals surface area contributed by atoms with Crippen LogP contribution < -0.4 is 5.32 Å². The van der Waals surface area contributed by atoms with Crippen LogP contribution in [0.4, 0.5) is 0 Å². The van der Waals surface area contributed by atoms with Crippen molar-refractivity contribution >= 4 is 11.9 Å². The first-order valence-corrected chi connectivity index (χ1v) is 6.03. The predicted molar refractivity (Wildman–Crippen MR) is 64.6 cm³/mol. The average molecular weight is 242 g/mol. The normalized spacial score (nSPS) is 21.0. The zero-order valence-electron chi connectivity index (χ0n) is 10.8. The van der Waals surface area contributed by atoms with Crippen LogP contribution in [-0.4, -0.2) is 48.6 Å². The highest BCUT2D eigenvalue weighted by molar-refractivity contribution is 5.85. The summed E-state index contributed by atoms with van der Waals surface area (Å²) in [7, 11) is 1.55. The first kappa shape index (κ1) is 14.0. The third kappa shape index (κ3) is 3.43. The summed E-state index contributed by atoms with van der Waals surface area (Å²) in [6.07, 6.45) is 2.09. The largest absolute Gasteiger partial charge is 0.480 e. The molecule has 0 radical (unpaired) electrons. The van der Waals surface area contributed by atoms with Crippen molar-refractivity contribution in [1.82, 2.24) is 10.2 Å². The number of rotatable bonds is 4. The maximum absolute atomic E-state index is 12.2. The lowest BCUT2D eigenvalue weighted by Crippen LogP contribution is -2.48. The number of carboxylic acid groups (broad SMARTS) is 1. The number of piperidine rings is 1. The summed E-state index contributed by atoms with van der Waals surface area (Å²) in [6, 6.07) is 0. The van der Waals surface area contributed by atoms with E-state index in [0.717, 1.165) is 25.9 Å². The minimum absolute atomic E-state index is 0.0893. The molecule has 2 N–H and O–H groups in total. The number of carbonyl (C=O) groups is 2. The number of aliphatic carboxylic acids is 1. The van der Waals surface area contributed by atoms with E-state index in [1.165, 1.54) is 4.90 Å². The summed E-state index contributed by atoms with van der Waals surface area (Å²) >= 11 is 0. The van der Waals surface area contributed by atoms with Crippen LogP contribution in [-0.2, 0) is 9.59 Å². The zero-order valence-corrected chi connectivity index (χ0v) is 10.8. The molecule has 1 aliphatic heterocycles. The van der Waals surface area contributed by atoms with Gasteiger partial charge in [0.05, 0.1) is 0 Å². The molecule has 0 aromatic heterocycles. The van der Waals surface area contributed by atoms with Crippen LogP contribution in [0, 0.1) is 11.3 Å². The average Bonchev–Trinajstić information content (AvgIpc) is 2.28. The van der Waals surface area contributed by atoms with Crippen LogP contribution in [0.3, 0.4) is 0 Å². The summed E-state index contributed by atoms with van der Waals surface area (Å²) < 4.78 is 0. The molecule has 1 amide bonds. The number of amides is 1. The number of hydrogen-bond acceptors (Lipinski definition) is 3. The van der Waals surface area contributed by atoms with E-state index in [2.05, 4.69) is 5.32 Å². The van der Waals surface area contributed by atoms with Gasteiger partial charge in [-0.15, -0.1) is 0 Å². The van der Waals surface area contributed by atoms with Crippen molar-refractivity contribution < 1.29 is 14.7 Å². The molecule has 5 nitrogen and oxygen atoms in total. The number of carboxylic acids is 1. The van der Waals surface area contributed by atoms with Gasteiger partial charge < -0.3 is 15.3 Å². The molecule has 1 fully saturated rings.